The Kier molecular flexibility index (Phi) is 8.01. The molecule has 2 heterocycles. The molecule has 43 heavy (non-hydrogen) atoms. The molecule has 226 valence electrons. The molecule has 1 amide bonds. The van der Waals surface area contributed by atoms with E-state index in [-0.39, 0.29) is 37.5 Å². The van der Waals surface area contributed by atoms with Gasteiger partial charge in [-0.05, 0) is 73.1 Å². The summed E-state index contributed by atoms with van der Waals surface area (Å²) in [6, 6.07) is 13.7. The van der Waals surface area contributed by atoms with Gasteiger partial charge in [0.05, 0.1) is 18.6 Å². The lowest BCUT2D eigenvalue weighted by molar-refractivity contribution is -0.143. The van der Waals surface area contributed by atoms with Gasteiger partial charge >= 0.3 is 5.97 Å². The van der Waals surface area contributed by atoms with Crippen molar-refractivity contribution in [2.45, 2.75) is 64.5 Å². The molecule has 2 fully saturated rings. The third-order valence-corrected chi connectivity index (χ3v) is 8.64. The molecule has 8 nitrogen and oxygen atoms in total. The van der Waals surface area contributed by atoms with Gasteiger partial charge in [-0.3, -0.25) is 14.5 Å². The number of carbonyl (C=O) groups excluding carboxylic acids is 1. The fourth-order valence-corrected chi connectivity index (χ4v) is 6.47. The molecule has 3 aromatic carbocycles. The lowest BCUT2D eigenvalue weighted by atomic mass is 9.82. The van der Waals surface area contributed by atoms with Gasteiger partial charge in [0, 0.05) is 30.3 Å². The highest BCUT2D eigenvalue weighted by atomic mass is 19.1. The Balaban J connectivity index is 1.34. The summed E-state index contributed by atoms with van der Waals surface area (Å²) < 4.78 is 32.2. The molecule has 2 N–H and O–H groups in total. The number of fused-ring (bicyclic) bond motifs is 1. The predicted octanol–water partition coefficient (Wildman–Crippen LogP) is 6.01. The standard InChI is InChI=1S/C34H37FN2O6/c1-4-20-12-19(3)13-21(5-2)32(20)36-30(38)17-37-16-26(25-14-28-29(15-27(25)35)42-18-41-28)31(34(39)40)33(37)22-6-8-23(9-7-22)43-24-10-11-24/h6-9,12-15,24,26,31,33H,4-5,10-11,16-18H2,1-3H3,(H,36,38)(H,39,40)/t26-,31-,33+/m1/s1. The topological polar surface area (TPSA) is 97.3 Å². The number of benzene rings is 3. The van der Waals surface area contributed by atoms with Crippen LogP contribution in [0.2, 0.25) is 0 Å². The Labute approximate surface area is 250 Å². The fourth-order valence-electron chi connectivity index (χ4n) is 6.47. The van der Waals surface area contributed by atoms with Crippen LogP contribution >= 0.6 is 0 Å². The number of ether oxygens (including phenoxy) is 3. The van der Waals surface area contributed by atoms with Crippen LogP contribution in [-0.4, -0.2) is 47.9 Å². The van der Waals surface area contributed by atoms with Crippen LogP contribution in [-0.2, 0) is 22.4 Å². The predicted molar refractivity (Wildman–Crippen MR) is 159 cm³/mol. The molecular formula is C34H37FN2O6. The number of carboxylic acids is 1. The van der Waals surface area contributed by atoms with Gasteiger partial charge in [-0.1, -0.05) is 43.7 Å². The first kappa shape index (κ1) is 29.0. The smallest absolute Gasteiger partial charge is 0.309 e. The zero-order valence-corrected chi connectivity index (χ0v) is 24.7. The molecule has 0 bridgehead atoms. The lowest BCUT2D eigenvalue weighted by Gasteiger charge is -2.27. The molecule has 0 unspecified atom stereocenters. The van der Waals surface area contributed by atoms with E-state index < -0.39 is 29.7 Å². The number of aryl methyl sites for hydroxylation is 3. The maximum absolute atomic E-state index is 15.5. The third kappa shape index (κ3) is 5.91. The Morgan fingerprint density at radius 1 is 1.02 bits per heavy atom. The number of carbonyl (C=O) groups is 2. The second-order valence-corrected chi connectivity index (χ2v) is 11.7. The van der Waals surface area contributed by atoms with Crippen molar-refractivity contribution < 1.29 is 33.3 Å². The van der Waals surface area contributed by atoms with E-state index in [9.17, 15) is 14.7 Å². The Morgan fingerprint density at radius 2 is 1.67 bits per heavy atom. The Bertz CT molecular complexity index is 1510. The number of amides is 1. The number of likely N-dealkylation sites (tertiary alicyclic amines) is 1. The van der Waals surface area contributed by atoms with Crippen molar-refractivity contribution in [3.63, 3.8) is 0 Å². The molecule has 3 aliphatic rings. The maximum Gasteiger partial charge on any atom is 0.309 e. The minimum Gasteiger partial charge on any atom is -0.490 e. The van der Waals surface area contributed by atoms with Crippen LogP contribution in [0.4, 0.5) is 10.1 Å². The largest absolute Gasteiger partial charge is 0.490 e. The van der Waals surface area contributed by atoms with Crippen LogP contribution in [0, 0.1) is 18.7 Å². The van der Waals surface area contributed by atoms with Gasteiger partial charge in [-0.15, -0.1) is 0 Å². The molecule has 1 aliphatic carbocycles. The zero-order chi connectivity index (χ0) is 30.2. The molecule has 1 saturated heterocycles. The normalized spacial score (nSPS) is 21.2. The second-order valence-electron chi connectivity index (χ2n) is 11.7. The van der Waals surface area contributed by atoms with Crippen LogP contribution in [0.5, 0.6) is 17.2 Å². The monoisotopic (exact) mass is 588 g/mol. The van der Waals surface area contributed by atoms with E-state index in [4.69, 9.17) is 14.2 Å². The number of nitrogens with one attached hydrogen (secondary N) is 1. The van der Waals surface area contributed by atoms with Gasteiger partial charge in [0.15, 0.2) is 11.5 Å². The molecule has 0 spiro atoms. The Morgan fingerprint density at radius 3 is 2.28 bits per heavy atom. The summed E-state index contributed by atoms with van der Waals surface area (Å²) >= 11 is 0. The van der Waals surface area contributed by atoms with E-state index in [1.807, 2.05) is 36.1 Å². The molecule has 2 aliphatic heterocycles. The summed E-state index contributed by atoms with van der Waals surface area (Å²) in [6.07, 6.45) is 3.80. The van der Waals surface area contributed by atoms with E-state index in [1.54, 1.807) is 6.07 Å². The quantitative estimate of drug-likeness (QED) is 0.300. The number of carboxylic acid groups (broad SMARTS) is 1. The molecular weight excluding hydrogens is 551 g/mol. The summed E-state index contributed by atoms with van der Waals surface area (Å²) in [5.74, 6) is -2.22. The number of nitrogens with zero attached hydrogens (tertiary/aromatic N) is 1. The average Bonchev–Trinajstić information content (AvgIpc) is 3.55. The fraction of sp³-hybridized carbons (Fsp3) is 0.412. The summed E-state index contributed by atoms with van der Waals surface area (Å²) in [7, 11) is 0. The first-order valence-electron chi connectivity index (χ1n) is 15.0. The second kappa shape index (κ2) is 11.9. The summed E-state index contributed by atoms with van der Waals surface area (Å²) in [4.78, 5) is 28.4. The van der Waals surface area contributed by atoms with Crippen LogP contribution < -0.4 is 19.5 Å². The lowest BCUT2D eigenvalue weighted by Crippen LogP contribution is -2.35. The highest BCUT2D eigenvalue weighted by Gasteiger charge is 2.49. The summed E-state index contributed by atoms with van der Waals surface area (Å²) in [5.41, 5.74) is 5.02. The van der Waals surface area contributed by atoms with Gasteiger partial charge in [0.2, 0.25) is 12.7 Å². The molecule has 0 aromatic heterocycles. The number of halogens is 1. The molecule has 6 rings (SSSR count). The highest BCUT2D eigenvalue weighted by Crippen LogP contribution is 2.48. The van der Waals surface area contributed by atoms with E-state index in [1.165, 1.54) is 6.07 Å². The van der Waals surface area contributed by atoms with Gasteiger partial charge in [-0.2, -0.15) is 0 Å². The number of aliphatic carboxylic acids is 1. The van der Waals surface area contributed by atoms with Crippen molar-refractivity contribution in [2.75, 3.05) is 25.2 Å². The summed E-state index contributed by atoms with van der Waals surface area (Å²) in [5, 5.41) is 13.7. The third-order valence-electron chi connectivity index (χ3n) is 8.64. The number of anilines is 1. The molecule has 3 aromatic rings. The number of hydrogen-bond donors (Lipinski definition) is 2. The van der Waals surface area contributed by atoms with Crippen LogP contribution in [0.1, 0.15) is 66.5 Å². The minimum absolute atomic E-state index is 0.0199. The highest BCUT2D eigenvalue weighted by molar-refractivity contribution is 5.94. The van der Waals surface area contributed by atoms with Gasteiger partial charge in [0.25, 0.3) is 0 Å². The van der Waals surface area contributed by atoms with Crippen molar-refractivity contribution in [1.82, 2.24) is 4.90 Å². The zero-order valence-electron chi connectivity index (χ0n) is 24.7. The molecule has 1 saturated carbocycles. The molecule has 0 radical (unpaired) electrons. The van der Waals surface area contributed by atoms with Crippen molar-refractivity contribution in [2.24, 2.45) is 5.92 Å². The van der Waals surface area contributed by atoms with E-state index in [0.717, 1.165) is 59.4 Å². The van der Waals surface area contributed by atoms with Crippen LogP contribution in [0.15, 0.2) is 48.5 Å². The SMILES string of the molecule is CCc1cc(C)cc(CC)c1NC(=O)CN1C[C@H](c2cc3c(cc2F)OCO3)[C@@H](C(=O)O)[C@@H]1c1ccc(OC2CC2)cc1. The van der Waals surface area contributed by atoms with Crippen molar-refractivity contribution >= 4 is 17.6 Å². The van der Waals surface area contributed by atoms with Gasteiger partial charge < -0.3 is 24.6 Å². The van der Waals surface area contributed by atoms with Crippen molar-refractivity contribution in [3.05, 3.63) is 82.2 Å². The maximum atomic E-state index is 15.5. The molecule has 3 atom stereocenters. The number of rotatable bonds is 10. The van der Waals surface area contributed by atoms with E-state index in [0.29, 0.717) is 11.5 Å². The van der Waals surface area contributed by atoms with E-state index in [2.05, 4.69) is 31.3 Å². The first-order valence-corrected chi connectivity index (χ1v) is 15.0. The first-order chi connectivity index (χ1) is 20.7. The van der Waals surface area contributed by atoms with Gasteiger partial charge in [0.1, 0.15) is 11.6 Å². The molecule has 9 heteroatoms. The average molecular weight is 589 g/mol. The van der Waals surface area contributed by atoms with Crippen molar-refractivity contribution in [3.8, 4) is 17.2 Å². The van der Waals surface area contributed by atoms with Gasteiger partial charge in [-0.25, -0.2) is 4.39 Å². The van der Waals surface area contributed by atoms with Crippen LogP contribution in [0.3, 0.4) is 0 Å². The van der Waals surface area contributed by atoms with E-state index >= 15 is 4.39 Å². The van der Waals surface area contributed by atoms with Crippen molar-refractivity contribution in [1.29, 1.82) is 0 Å². The Hall–Kier alpha value is -4.11. The number of hydrogen-bond acceptors (Lipinski definition) is 6. The minimum atomic E-state index is -1.06. The van der Waals surface area contributed by atoms with Crippen LogP contribution in [0.25, 0.3) is 0 Å². The summed E-state index contributed by atoms with van der Waals surface area (Å²) in [6.45, 7) is 6.24.